The van der Waals surface area contributed by atoms with Gasteiger partial charge in [0.05, 0.1) is 17.0 Å². The van der Waals surface area contributed by atoms with Crippen LogP contribution in [0.5, 0.6) is 5.75 Å². The maximum absolute atomic E-state index is 13.3. The van der Waals surface area contributed by atoms with Gasteiger partial charge in [-0.25, -0.2) is 8.42 Å². The highest BCUT2D eigenvalue weighted by Gasteiger charge is 2.46. The second-order valence-electron chi connectivity index (χ2n) is 9.11. The quantitative estimate of drug-likeness (QED) is 0.449. The van der Waals surface area contributed by atoms with Crippen molar-refractivity contribution in [2.24, 2.45) is 0 Å². The standard InChI is InChI=1S/C27H31N3O6S/c1-4-35-26(32)27(13-15-30(16-14-27)20(3)31)29-37(33,34)23-11-9-22(10-12-23)36-18-21-17-19(2)28-25-8-6-5-7-24(21)25/h5-12,17,29H,4,13-16,18H2,1-3H3. The minimum atomic E-state index is -4.06. The Kier molecular flexibility index (Phi) is 7.79. The molecule has 1 N–H and O–H groups in total. The van der Waals surface area contributed by atoms with Gasteiger partial charge in [0, 0.05) is 36.7 Å². The number of amides is 1. The second kappa shape index (κ2) is 10.9. The number of ether oxygens (including phenoxy) is 2. The lowest BCUT2D eigenvalue weighted by Gasteiger charge is -2.39. The maximum Gasteiger partial charge on any atom is 0.327 e. The van der Waals surface area contributed by atoms with E-state index >= 15 is 0 Å². The molecule has 1 aliphatic heterocycles. The lowest BCUT2D eigenvalue weighted by atomic mass is 9.88. The van der Waals surface area contributed by atoms with Crippen molar-refractivity contribution in [3.8, 4) is 5.75 Å². The maximum atomic E-state index is 13.3. The predicted octanol–water partition coefficient (Wildman–Crippen LogP) is 3.34. The summed E-state index contributed by atoms with van der Waals surface area (Å²) in [4.78, 5) is 30.7. The number of nitrogens with zero attached hydrogens (tertiary/aromatic N) is 2. The monoisotopic (exact) mass is 525 g/mol. The number of carbonyl (C=O) groups excluding carboxylic acids is 2. The summed E-state index contributed by atoms with van der Waals surface area (Å²) in [5, 5.41) is 0.997. The summed E-state index contributed by atoms with van der Waals surface area (Å²) in [6.07, 6.45) is 0.260. The third-order valence-electron chi connectivity index (χ3n) is 6.52. The number of carbonyl (C=O) groups is 2. The Morgan fingerprint density at radius 2 is 1.76 bits per heavy atom. The SMILES string of the molecule is CCOC(=O)C1(NS(=O)(=O)c2ccc(OCc3cc(C)nc4ccccc34)cc2)CCN(C(C)=O)CC1. The van der Waals surface area contributed by atoms with Gasteiger partial charge in [-0.2, -0.15) is 4.72 Å². The molecule has 0 unspecified atom stereocenters. The number of hydrogen-bond acceptors (Lipinski definition) is 7. The molecule has 0 atom stereocenters. The molecule has 2 aromatic carbocycles. The summed E-state index contributed by atoms with van der Waals surface area (Å²) in [7, 11) is -4.06. The molecule has 3 aromatic rings. The fourth-order valence-corrected chi connectivity index (χ4v) is 5.94. The number of sulfonamides is 1. The van der Waals surface area contributed by atoms with E-state index in [-0.39, 0.29) is 43.3 Å². The fourth-order valence-electron chi connectivity index (χ4n) is 4.53. The number of aryl methyl sites for hydroxylation is 1. The van der Waals surface area contributed by atoms with Gasteiger partial charge < -0.3 is 14.4 Å². The van der Waals surface area contributed by atoms with Crippen molar-refractivity contribution in [1.82, 2.24) is 14.6 Å². The summed E-state index contributed by atoms with van der Waals surface area (Å²) < 4.78 is 40.2. The zero-order valence-corrected chi connectivity index (χ0v) is 22.0. The van der Waals surface area contributed by atoms with E-state index < -0.39 is 21.5 Å². The minimum absolute atomic E-state index is 0.00252. The molecule has 1 aromatic heterocycles. The van der Waals surface area contributed by atoms with Gasteiger partial charge in [-0.3, -0.25) is 14.6 Å². The number of nitrogens with one attached hydrogen (secondary N) is 1. The fraction of sp³-hybridized carbons (Fsp3) is 0.370. The first-order valence-electron chi connectivity index (χ1n) is 12.2. The molecule has 0 spiro atoms. The van der Waals surface area contributed by atoms with Crippen molar-refractivity contribution < 1.29 is 27.5 Å². The average molecular weight is 526 g/mol. The normalized spacial score (nSPS) is 15.4. The van der Waals surface area contributed by atoms with E-state index in [9.17, 15) is 18.0 Å². The van der Waals surface area contributed by atoms with Crippen LogP contribution in [0.25, 0.3) is 10.9 Å². The Morgan fingerprint density at radius 1 is 1.08 bits per heavy atom. The van der Waals surface area contributed by atoms with Gasteiger partial charge in [-0.05, 0) is 63.1 Å². The molecule has 10 heteroatoms. The molecular weight excluding hydrogens is 494 g/mol. The molecule has 1 saturated heterocycles. The number of pyridine rings is 1. The molecule has 0 radical (unpaired) electrons. The molecule has 9 nitrogen and oxygen atoms in total. The van der Waals surface area contributed by atoms with Gasteiger partial charge in [0.2, 0.25) is 15.9 Å². The van der Waals surface area contributed by atoms with E-state index in [0.29, 0.717) is 12.4 Å². The van der Waals surface area contributed by atoms with Crippen molar-refractivity contribution in [2.75, 3.05) is 19.7 Å². The first-order chi connectivity index (χ1) is 17.6. The van der Waals surface area contributed by atoms with E-state index in [1.165, 1.54) is 19.1 Å². The van der Waals surface area contributed by atoms with Crippen LogP contribution in [0, 0.1) is 6.92 Å². The lowest BCUT2D eigenvalue weighted by Crippen LogP contribution is -2.60. The van der Waals surface area contributed by atoms with E-state index in [1.54, 1.807) is 24.0 Å². The Balaban J connectivity index is 1.49. The highest BCUT2D eigenvalue weighted by molar-refractivity contribution is 7.89. The van der Waals surface area contributed by atoms with Crippen molar-refractivity contribution in [3.63, 3.8) is 0 Å². The van der Waals surface area contributed by atoms with Crippen LogP contribution in [0.4, 0.5) is 0 Å². The van der Waals surface area contributed by atoms with Crippen molar-refractivity contribution in [1.29, 1.82) is 0 Å². The van der Waals surface area contributed by atoms with Crippen LogP contribution in [-0.4, -0.2) is 55.4 Å². The van der Waals surface area contributed by atoms with Gasteiger partial charge in [-0.15, -0.1) is 0 Å². The second-order valence-corrected chi connectivity index (χ2v) is 10.8. The predicted molar refractivity (Wildman–Crippen MR) is 138 cm³/mol. The zero-order valence-electron chi connectivity index (χ0n) is 21.2. The molecule has 0 bridgehead atoms. The van der Waals surface area contributed by atoms with Crippen LogP contribution in [0.3, 0.4) is 0 Å². The molecule has 1 aliphatic rings. The number of fused-ring (bicyclic) bond motifs is 1. The summed E-state index contributed by atoms with van der Waals surface area (Å²) in [5.74, 6) is -0.250. The Morgan fingerprint density at radius 3 is 2.41 bits per heavy atom. The van der Waals surface area contributed by atoms with Gasteiger partial charge in [0.25, 0.3) is 0 Å². The topological polar surface area (TPSA) is 115 Å². The van der Waals surface area contributed by atoms with Crippen LogP contribution in [0.2, 0.25) is 0 Å². The zero-order chi connectivity index (χ0) is 26.6. The highest BCUT2D eigenvalue weighted by atomic mass is 32.2. The first kappa shape index (κ1) is 26.6. The number of benzene rings is 2. The number of para-hydroxylation sites is 1. The van der Waals surface area contributed by atoms with Gasteiger partial charge >= 0.3 is 5.97 Å². The van der Waals surface area contributed by atoms with Crippen LogP contribution in [-0.2, 0) is 31.0 Å². The van der Waals surface area contributed by atoms with E-state index in [2.05, 4.69) is 9.71 Å². The van der Waals surface area contributed by atoms with Crippen LogP contribution in [0.1, 0.15) is 37.9 Å². The summed E-state index contributed by atoms with van der Waals surface area (Å²) in [5.41, 5.74) is 1.32. The van der Waals surface area contributed by atoms with E-state index in [4.69, 9.17) is 9.47 Å². The largest absolute Gasteiger partial charge is 0.489 e. The van der Waals surface area contributed by atoms with Crippen LogP contribution < -0.4 is 9.46 Å². The number of aromatic nitrogens is 1. The highest BCUT2D eigenvalue weighted by Crippen LogP contribution is 2.28. The summed E-state index contributed by atoms with van der Waals surface area (Å²) in [6, 6.07) is 15.8. The smallest absolute Gasteiger partial charge is 0.327 e. The first-order valence-corrected chi connectivity index (χ1v) is 13.7. The van der Waals surface area contributed by atoms with E-state index in [1.807, 2.05) is 37.3 Å². The molecule has 2 heterocycles. The van der Waals surface area contributed by atoms with Crippen molar-refractivity contribution in [2.45, 2.75) is 50.7 Å². The van der Waals surface area contributed by atoms with Crippen molar-refractivity contribution in [3.05, 3.63) is 65.9 Å². The molecule has 0 aliphatic carbocycles. The minimum Gasteiger partial charge on any atom is -0.489 e. The lowest BCUT2D eigenvalue weighted by molar-refractivity contribution is -0.153. The summed E-state index contributed by atoms with van der Waals surface area (Å²) in [6.45, 7) is 5.97. The van der Waals surface area contributed by atoms with Gasteiger partial charge in [0.1, 0.15) is 17.9 Å². The Bertz CT molecular complexity index is 1400. The Labute approximate surface area is 216 Å². The molecule has 0 saturated carbocycles. The molecular formula is C27H31N3O6S. The number of rotatable bonds is 8. The average Bonchev–Trinajstić information content (AvgIpc) is 2.87. The Hall–Kier alpha value is -3.50. The number of esters is 1. The third-order valence-corrected chi connectivity index (χ3v) is 8.07. The molecule has 1 fully saturated rings. The van der Waals surface area contributed by atoms with Gasteiger partial charge in [-0.1, -0.05) is 18.2 Å². The van der Waals surface area contributed by atoms with Crippen LogP contribution >= 0.6 is 0 Å². The van der Waals surface area contributed by atoms with E-state index in [0.717, 1.165) is 22.2 Å². The number of hydrogen-bond donors (Lipinski definition) is 1. The number of likely N-dealkylation sites (tertiary alicyclic amines) is 1. The van der Waals surface area contributed by atoms with Crippen LogP contribution in [0.15, 0.2) is 59.5 Å². The van der Waals surface area contributed by atoms with Crippen molar-refractivity contribution >= 4 is 32.8 Å². The molecule has 196 valence electrons. The number of piperidine rings is 1. The molecule has 1 amide bonds. The third kappa shape index (κ3) is 5.91. The van der Waals surface area contributed by atoms with Gasteiger partial charge in [0.15, 0.2) is 0 Å². The molecule has 37 heavy (non-hydrogen) atoms. The molecule has 4 rings (SSSR count). The summed E-state index contributed by atoms with van der Waals surface area (Å²) >= 11 is 0.